The molecule has 1 saturated carbocycles. The molecule has 22 heavy (non-hydrogen) atoms. The van der Waals surface area contributed by atoms with E-state index in [2.05, 4.69) is 5.32 Å². The lowest BCUT2D eigenvalue weighted by Gasteiger charge is -2.30. The average Bonchev–Trinajstić information content (AvgIpc) is 2.53. The first kappa shape index (κ1) is 17.2. The summed E-state index contributed by atoms with van der Waals surface area (Å²) in [4.78, 5) is 12.7. The molecule has 6 heteroatoms. The Bertz CT molecular complexity index is 476. The molecule has 3 N–H and O–H groups in total. The molecule has 0 saturated heterocycles. The van der Waals surface area contributed by atoms with Gasteiger partial charge >= 0.3 is 0 Å². The van der Waals surface area contributed by atoms with E-state index in [-0.39, 0.29) is 11.9 Å². The lowest BCUT2D eigenvalue weighted by atomic mass is 9.84. The van der Waals surface area contributed by atoms with Gasteiger partial charge in [-0.05, 0) is 43.0 Å². The lowest BCUT2D eigenvalue weighted by molar-refractivity contribution is 0.0915. The number of alkyl halides is 2. The van der Waals surface area contributed by atoms with Gasteiger partial charge in [0.15, 0.2) is 0 Å². The van der Waals surface area contributed by atoms with Crippen LogP contribution in [-0.2, 0) is 0 Å². The third-order valence-corrected chi connectivity index (χ3v) is 4.85. The first-order chi connectivity index (χ1) is 10.6. The number of rotatable bonds is 6. The Morgan fingerprint density at radius 1 is 1.23 bits per heavy atom. The molecule has 1 amide bonds. The fourth-order valence-electron chi connectivity index (χ4n) is 2.95. The van der Waals surface area contributed by atoms with E-state index < -0.39 is 5.76 Å². The summed E-state index contributed by atoms with van der Waals surface area (Å²) in [6.07, 6.45) is 5.84. The number of hydrogen-bond donors (Lipinski definition) is 2. The lowest BCUT2D eigenvalue weighted by Crippen LogP contribution is -2.45. The van der Waals surface area contributed by atoms with Crippen molar-refractivity contribution < 1.29 is 13.6 Å². The van der Waals surface area contributed by atoms with Crippen molar-refractivity contribution in [3.05, 3.63) is 29.8 Å². The highest BCUT2D eigenvalue weighted by Crippen LogP contribution is 2.27. The Balaban J connectivity index is 1.94. The van der Waals surface area contributed by atoms with E-state index >= 15 is 0 Å². The Morgan fingerprint density at radius 2 is 1.86 bits per heavy atom. The summed E-state index contributed by atoms with van der Waals surface area (Å²) in [5.74, 6) is -2.20. The van der Waals surface area contributed by atoms with Crippen molar-refractivity contribution in [2.24, 2.45) is 11.7 Å². The van der Waals surface area contributed by atoms with Crippen LogP contribution >= 0.6 is 11.8 Å². The number of benzene rings is 1. The van der Waals surface area contributed by atoms with Gasteiger partial charge in [0, 0.05) is 23.0 Å². The maximum absolute atomic E-state index is 12.3. The molecule has 1 aliphatic carbocycles. The predicted octanol–water partition coefficient (Wildman–Crippen LogP) is 3.64. The van der Waals surface area contributed by atoms with Crippen LogP contribution in [0.25, 0.3) is 0 Å². The maximum atomic E-state index is 12.3. The van der Waals surface area contributed by atoms with E-state index in [1.54, 1.807) is 24.3 Å². The third-order valence-electron chi connectivity index (χ3n) is 4.13. The van der Waals surface area contributed by atoms with E-state index in [0.717, 1.165) is 12.8 Å². The molecule has 0 heterocycles. The van der Waals surface area contributed by atoms with Crippen molar-refractivity contribution in [2.75, 3.05) is 6.54 Å². The second-order valence-electron chi connectivity index (χ2n) is 5.62. The molecule has 1 atom stereocenters. The zero-order chi connectivity index (χ0) is 15.9. The summed E-state index contributed by atoms with van der Waals surface area (Å²) in [6.45, 7) is 0.426. The molecule has 122 valence electrons. The molecule has 0 radical (unpaired) electrons. The van der Waals surface area contributed by atoms with Gasteiger partial charge in [-0.2, -0.15) is 8.78 Å². The Morgan fingerprint density at radius 3 is 2.41 bits per heavy atom. The van der Waals surface area contributed by atoms with E-state index in [1.807, 2.05) is 0 Å². The fraction of sp³-hybridized carbons (Fsp3) is 0.562. The van der Waals surface area contributed by atoms with Crippen molar-refractivity contribution >= 4 is 17.7 Å². The van der Waals surface area contributed by atoms with Crippen LogP contribution in [0.5, 0.6) is 0 Å². The SMILES string of the molecule is NCC(NC(=O)c1ccc(SC(F)F)cc1)C1CCCCC1. The zero-order valence-corrected chi connectivity index (χ0v) is 13.3. The van der Waals surface area contributed by atoms with Gasteiger partial charge in [0.2, 0.25) is 0 Å². The van der Waals surface area contributed by atoms with Crippen LogP contribution in [0.2, 0.25) is 0 Å². The van der Waals surface area contributed by atoms with Gasteiger partial charge in [-0.3, -0.25) is 4.79 Å². The van der Waals surface area contributed by atoms with Gasteiger partial charge in [-0.25, -0.2) is 0 Å². The van der Waals surface area contributed by atoms with Crippen LogP contribution in [0.15, 0.2) is 29.2 Å². The molecule has 1 fully saturated rings. The van der Waals surface area contributed by atoms with Gasteiger partial charge in [0.1, 0.15) is 0 Å². The van der Waals surface area contributed by atoms with Crippen LogP contribution < -0.4 is 11.1 Å². The predicted molar refractivity (Wildman–Crippen MR) is 85.2 cm³/mol. The molecule has 2 rings (SSSR count). The molecule has 0 aromatic heterocycles. The Hall–Kier alpha value is -1.14. The summed E-state index contributed by atoms with van der Waals surface area (Å²) in [5, 5.41) is 2.99. The standard InChI is InChI=1S/C16H22F2N2OS/c17-16(18)22-13-8-6-12(7-9-13)15(21)20-14(10-19)11-4-2-1-3-5-11/h6-9,11,14,16H,1-5,10,19H2,(H,20,21). The second-order valence-corrected chi connectivity index (χ2v) is 6.68. The second kappa shape index (κ2) is 8.48. The highest BCUT2D eigenvalue weighted by Gasteiger charge is 2.24. The zero-order valence-electron chi connectivity index (χ0n) is 12.4. The van der Waals surface area contributed by atoms with Crippen LogP contribution in [0.1, 0.15) is 42.5 Å². The van der Waals surface area contributed by atoms with Gasteiger partial charge in [-0.1, -0.05) is 31.0 Å². The normalized spacial score (nSPS) is 17.5. The van der Waals surface area contributed by atoms with Crippen LogP contribution in [0.4, 0.5) is 8.78 Å². The van der Waals surface area contributed by atoms with Crippen molar-refractivity contribution in [3.63, 3.8) is 0 Å². The highest BCUT2D eigenvalue weighted by atomic mass is 32.2. The largest absolute Gasteiger partial charge is 0.348 e. The number of amides is 1. The third kappa shape index (κ3) is 4.95. The summed E-state index contributed by atoms with van der Waals surface area (Å²) in [5.41, 5.74) is 6.29. The van der Waals surface area contributed by atoms with E-state index in [0.29, 0.717) is 34.7 Å². The molecule has 1 aromatic carbocycles. The van der Waals surface area contributed by atoms with Crippen molar-refractivity contribution in [1.29, 1.82) is 0 Å². The van der Waals surface area contributed by atoms with E-state index in [4.69, 9.17) is 5.73 Å². The number of nitrogens with one attached hydrogen (secondary N) is 1. The van der Waals surface area contributed by atoms with Gasteiger partial charge in [0.25, 0.3) is 11.7 Å². The minimum absolute atomic E-state index is 0.0112. The number of hydrogen-bond acceptors (Lipinski definition) is 3. The maximum Gasteiger partial charge on any atom is 0.288 e. The van der Waals surface area contributed by atoms with Gasteiger partial charge < -0.3 is 11.1 Å². The van der Waals surface area contributed by atoms with E-state index in [1.165, 1.54) is 19.3 Å². The number of carbonyl (C=O) groups is 1. The first-order valence-corrected chi connectivity index (χ1v) is 8.54. The molecule has 1 aromatic rings. The molecule has 0 bridgehead atoms. The van der Waals surface area contributed by atoms with Crippen LogP contribution in [-0.4, -0.2) is 24.3 Å². The molecular formula is C16H22F2N2OS. The Kier molecular flexibility index (Phi) is 6.64. The monoisotopic (exact) mass is 328 g/mol. The number of nitrogens with two attached hydrogens (primary N) is 1. The minimum atomic E-state index is -2.45. The number of carbonyl (C=O) groups excluding carboxylic acids is 1. The van der Waals surface area contributed by atoms with Crippen molar-refractivity contribution in [1.82, 2.24) is 5.32 Å². The average molecular weight is 328 g/mol. The van der Waals surface area contributed by atoms with Crippen molar-refractivity contribution in [2.45, 2.75) is 48.8 Å². The van der Waals surface area contributed by atoms with Gasteiger partial charge in [0.05, 0.1) is 0 Å². The first-order valence-electron chi connectivity index (χ1n) is 7.66. The molecular weight excluding hydrogens is 306 g/mol. The fourth-order valence-corrected chi connectivity index (χ4v) is 3.44. The molecule has 3 nitrogen and oxygen atoms in total. The van der Waals surface area contributed by atoms with Crippen LogP contribution in [0, 0.1) is 5.92 Å². The number of thioether (sulfide) groups is 1. The van der Waals surface area contributed by atoms with E-state index in [9.17, 15) is 13.6 Å². The Labute approximate surface area is 134 Å². The topological polar surface area (TPSA) is 55.1 Å². The molecule has 0 aliphatic heterocycles. The van der Waals surface area contributed by atoms with Crippen molar-refractivity contribution in [3.8, 4) is 0 Å². The minimum Gasteiger partial charge on any atom is -0.348 e. The molecule has 0 spiro atoms. The van der Waals surface area contributed by atoms with Gasteiger partial charge in [-0.15, -0.1) is 0 Å². The van der Waals surface area contributed by atoms with Crippen LogP contribution in [0.3, 0.4) is 0 Å². The molecule has 1 aliphatic rings. The summed E-state index contributed by atoms with van der Waals surface area (Å²) in [7, 11) is 0. The quantitative estimate of drug-likeness (QED) is 0.784. The summed E-state index contributed by atoms with van der Waals surface area (Å²) >= 11 is 0.475. The highest BCUT2D eigenvalue weighted by molar-refractivity contribution is 7.99. The summed E-state index contributed by atoms with van der Waals surface area (Å²) in [6, 6.07) is 6.24. The summed E-state index contributed by atoms with van der Waals surface area (Å²) < 4.78 is 24.5. The number of halogens is 2. The smallest absolute Gasteiger partial charge is 0.288 e. The molecule has 1 unspecified atom stereocenters.